The predicted molar refractivity (Wildman–Crippen MR) is 73.2 cm³/mol. The molecule has 3 aromatic rings. The second-order valence-electron chi connectivity index (χ2n) is 4.16. The van der Waals surface area contributed by atoms with Gasteiger partial charge in [-0.25, -0.2) is 0 Å². The lowest BCUT2D eigenvalue weighted by Crippen LogP contribution is -1.79. The molecule has 0 spiro atoms. The van der Waals surface area contributed by atoms with E-state index >= 15 is 0 Å². The minimum absolute atomic E-state index is 0.327. The number of benzene rings is 3. The van der Waals surface area contributed by atoms with E-state index < -0.39 is 0 Å². The largest absolute Gasteiger partial charge is 0.507 e. The smallest absolute Gasteiger partial charge is 0.123 e. The van der Waals surface area contributed by atoms with Crippen molar-refractivity contribution >= 4 is 27.6 Å². The van der Waals surface area contributed by atoms with E-state index in [0.29, 0.717) is 5.75 Å². The summed E-state index contributed by atoms with van der Waals surface area (Å²) in [7, 11) is 0. The normalized spacial score (nSPS) is 10.8. The molecule has 3 aromatic carbocycles. The van der Waals surface area contributed by atoms with E-state index in [-0.39, 0.29) is 0 Å². The third-order valence-corrected chi connectivity index (χ3v) is 3.07. The lowest BCUT2D eigenvalue weighted by atomic mass is 10.0. The molecule has 1 heteroatoms. The summed E-state index contributed by atoms with van der Waals surface area (Å²) in [6.07, 6.45) is 1.83. The van der Waals surface area contributed by atoms with E-state index in [1.165, 1.54) is 5.39 Å². The summed E-state index contributed by atoms with van der Waals surface area (Å²) >= 11 is 0. The number of aromatic hydroxyl groups is 1. The first-order chi connectivity index (χ1) is 8.28. The van der Waals surface area contributed by atoms with Gasteiger partial charge >= 0.3 is 0 Å². The van der Waals surface area contributed by atoms with Crippen molar-refractivity contribution in [1.82, 2.24) is 0 Å². The predicted octanol–water partition coefficient (Wildman–Crippen LogP) is 4.34. The van der Waals surface area contributed by atoms with Crippen molar-refractivity contribution in [3.8, 4) is 5.75 Å². The van der Waals surface area contributed by atoms with Crippen molar-refractivity contribution in [3.63, 3.8) is 0 Å². The van der Waals surface area contributed by atoms with E-state index in [9.17, 15) is 5.11 Å². The Labute approximate surface area is 99.6 Å². The van der Waals surface area contributed by atoms with Crippen molar-refractivity contribution in [2.24, 2.45) is 0 Å². The topological polar surface area (TPSA) is 20.2 Å². The van der Waals surface area contributed by atoms with Crippen molar-refractivity contribution < 1.29 is 5.11 Å². The van der Waals surface area contributed by atoms with E-state index in [0.717, 1.165) is 21.7 Å². The fraction of sp³-hybridized carbons (Fsp3) is 0. The van der Waals surface area contributed by atoms with Crippen LogP contribution in [0, 0.1) is 0 Å². The highest BCUT2D eigenvalue weighted by Crippen LogP contribution is 2.29. The lowest BCUT2D eigenvalue weighted by molar-refractivity contribution is 0.481. The highest BCUT2D eigenvalue weighted by atomic mass is 16.3. The maximum absolute atomic E-state index is 9.84. The van der Waals surface area contributed by atoms with Gasteiger partial charge in [0.15, 0.2) is 0 Å². The summed E-state index contributed by atoms with van der Waals surface area (Å²) in [6, 6.07) is 15.9. The standard InChI is InChI=1S/C16H12O/c1-2-11-6-7-12-9-13-4-3-5-16(17)15(13)10-14(12)8-11/h2-10,17H,1H2. The molecule has 0 aromatic heterocycles. The Kier molecular flexibility index (Phi) is 2.12. The van der Waals surface area contributed by atoms with Crippen LogP contribution in [0.25, 0.3) is 27.6 Å². The molecule has 0 saturated carbocycles. The van der Waals surface area contributed by atoms with Crippen LogP contribution in [0.3, 0.4) is 0 Å². The van der Waals surface area contributed by atoms with Crippen molar-refractivity contribution in [3.05, 3.63) is 60.7 Å². The molecule has 1 N–H and O–H groups in total. The molecular formula is C16H12O. The van der Waals surface area contributed by atoms with Gasteiger partial charge in [0.1, 0.15) is 5.75 Å². The Balaban J connectivity index is 2.44. The first kappa shape index (κ1) is 9.91. The average molecular weight is 220 g/mol. The van der Waals surface area contributed by atoms with Crippen LogP contribution in [-0.2, 0) is 0 Å². The van der Waals surface area contributed by atoms with Gasteiger partial charge < -0.3 is 5.11 Å². The van der Waals surface area contributed by atoms with Gasteiger partial charge in [-0.3, -0.25) is 0 Å². The van der Waals surface area contributed by atoms with Crippen molar-refractivity contribution in [1.29, 1.82) is 0 Å². The molecule has 17 heavy (non-hydrogen) atoms. The van der Waals surface area contributed by atoms with Gasteiger partial charge in [0.2, 0.25) is 0 Å². The van der Waals surface area contributed by atoms with Gasteiger partial charge in [-0.15, -0.1) is 0 Å². The second kappa shape index (κ2) is 3.63. The van der Waals surface area contributed by atoms with Gasteiger partial charge in [-0.2, -0.15) is 0 Å². The number of phenols is 1. The van der Waals surface area contributed by atoms with Gasteiger partial charge in [-0.05, 0) is 46.0 Å². The molecular weight excluding hydrogens is 208 g/mol. The van der Waals surface area contributed by atoms with Crippen LogP contribution in [-0.4, -0.2) is 5.11 Å². The quantitative estimate of drug-likeness (QED) is 0.605. The Morgan fingerprint density at radius 3 is 2.59 bits per heavy atom. The molecule has 0 saturated heterocycles. The minimum Gasteiger partial charge on any atom is -0.507 e. The summed E-state index contributed by atoms with van der Waals surface area (Å²) in [6.45, 7) is 3.77. The Morgan fingerprint density at radius 1 is 0.882 bits per heavy atom. The zero-order valence-electron chi connectivity index (χ0n) is 9.35. The van der Waals surface area contributed by atoms with Crippen LogP contribution in [0.5, 0.6) is 5.75 Å². The van der Waals surface area contributed by atoms with Gasteiger partial charge in [0.25, 0.3) is 0 Å². The van der Waals surface area contributed by atoms with Crippen molar-refractivity contribution in [2.45, 2.75) is 0 Å². The molecule has 82 valence electrons. The maximum atomic E-state index is 9.84. The summed E-state index contributed by atoms with van der Waals surface area (Å²) in [4.78, 5) is 0. The summed E-state index contributed by atoms with van der Waals surface area (Å²) in [5.41, 5.74) is 1.09. The van der Waals surface area contributed by atoms with E-state index in [1.807, 2.05) is 30.3 Å². The van der Waals surface area contributed by atoms with Crippen molar-refractivity contribution in [2.75, 3.05) is 0 Å². The third-order valence-electron chi connectivity index (χ3n) is 3.07. The Bertz CT molecular complexity index is 726. The Morgan fingerprint density at radius 2 is 1.76 bits per heavy atom. The van der Waals surface area contributed by atoms with Crippen LogP contribution in [0.1, 0.15) is 5.56 Å². The molecule has 0 aliphatic heterocycles. The van der Waals surface area contributed by atoms with Gasteiger partial charge in [0.05, 0.1) is 0 Å². The molecule has 0 aliphatic carbocycles. The number of hydrogen-bond acceptors (Lipinski definition) is 1. The molecule has 0 fully saturated rings. The number of phenolic OH excluding ortho intramolecular Hbond substituents is 1. The maximum Gasteiger partial charge on any atom is 0.123 e. The lowest BCUT2D eigenvalue weighted by Gasteiger charge is -2.05. The molecule has 0 amide bonds. The minimum atomic E-state index is 0.327. The van der Waals surface area contributed by atoms with Crippen LogP contribution in [0.15, 0.2) is 55.1 Å². The van der Waals surface area contributed by atoms with Crippen LogP contribution >= 0.6 is 0 Å². The van der Waals surface area contributed by atoms with Crippen LogP contribution < -0.4 is 0 Å². The monoisotopic (exact) mass is 220 g/mol. The first-order valence-corrected chi connectivity index (χ1v) is 5.56. The Hall–Kier alpha value is -2.28. The number of rotatable bonds is 1. The number of fused-ring (bicyclic) bond motifs is 2. The molecule has 0 bridgehead atoms. The van der Waals surface area contributed by atoms with Gasteiger partial charge in [-0.1, -0.05) is 36.9 Å². The fourth-order valence-corrected chi connectivity index (χ4v) is 2.15. The summed E-state index contributed by atoms with van der Waals surface area (Å²) < 4.78 is 0. The molecule has 3 rings (SSSR count). The molecule has 0 heterocycles. The molecule has 0 radical (unpaired) electrons. The van der Waals surface area contributed by atoms with E-state index in [2.05, 4.69) is 24.8 Å². The zero-order chi connectivity index (χ0) is 11.8. The molecule has 0 atom stereocenters. The second-order valence-corrected chi connectivity index (χ2v) is 4.16. The SMILES string of the molecule is C=Cc1ccc2cc3cccc(O)c3cc2c1. The summed E-state index contributed by atoms with van der Waals surface area (Å²) in [5.74, 6) is 0.327. The van der Waals surface area contributed by atoms with Crippen LogP contribution in [0.4, 0.5) is 0 Å². The van der Waals surface area contributed by atoms with E-state index in [4.69, 9.17) is 0 Å². The van der Waals surface area contributed by atoms with E-state index in [1.54, 1.807) is 6.07 Å². The number of hydrogen-bond donors (Lipinski definition) is 1. The highest BCUT2D eigenvalue weighted by Gasteiger charge is 2.02. The van der Waals surface area contributed by atoms with Crippen LogP contribution in [0.2, 0.25) is 0 Å². The fourth-order valence-electron chi connectivity index (χ4n) is 2.15. The highest BCUT2D eigenvalue weighted by molar-refractivity contribution is 6.01. The molecule has 0 unspecified atom stereocenters. The molecule has 1 nitrogen and oxygen atoms in total. The average Bonchev–Trinajstić information content (AvgIpc) is 2.37. The molecule has 0 aliphatic rings. The summed E-state index contributed by atoms with van der Waals surface area (Å²) in [5, 5.41) is 14.1. The first-order valence-electron chi connectivity index (χ1n) is 5.56. The zero-order valence-corrected chi connectivity index (χ0v) is 9.35. The van der Waals surface area contributed by atoms with Gasteiger partial charge in [0, 0.05) is 5.39 Å². The third kappa shape index (κ3) is 1.56.